The quantitative estimate of drug-likeness (QED) is 0.493. The molecule has 156 valence electrons. The number of imidazole rings is 1. The lowest BCUT2D eigenvalue weighted by Gasteiger charge is -2.29. The molecule has 9 heteroatoms. The van der Waals surface area contributed by atoms with Crippen LogP contribution >= 0.6 is 0 Å². The minimum atomic E-state index is -0.593. The number of benzene rings is 1. The van der Waals surface area contributed by atoms with E-state index in [1.54, 1.807) is 6.20 Å². The van der Waals surface area contributed by atoms with Crippen LogP contribution in [0, 0.1) is 6.92 Å². The summed E-state index contributed by atoms with van der Waals surface area (Å²) in [5, 5.41) is 6.49. The average molecular weight is 406 g/mol. The molecule has 0 unspecified atom stereocenters. The van der Waals surface area contributed by atoms with Gasteiger partial charge in [-0.3, -0.25) is 4.79 Å². The van der Waals surface area contributed by atoms with Crippen molar-refractivity contribution in [1.82, 2.24) is 19.5 Å². The molecule has 1 saturated carbocycles. The Morgan fingerprint density at radius 3 is 2.60 bits per heavy atom. The highest BCUT2D eigenvalue weighted by Crippen LogP contribution is 2.24. The zero-order valence-corrected chi connectivity index (χ0v) is 16.9. The van der Waals surface area contributed by atoms with Crippen LogP contribution in [0.5, 0.6) is 0 Å². The number of hydrogen-bond donors (Lipinski definition) is 4. The maximum atomic E-state index is 11.9. The molecule has 1 aliphatic rings. The van der Waals surface area contributed by atoms with Crippen LogP contribution in [0.15, 0.2) is 42.9 Å². The zero-order chi connectivity index (χ0) is 21.1. The number of anilines is 3. The normalized spacial score (nSPS) is 18.7. The van der Waals surface area contributed by atoms with Crippen LogP contribution in [-0.2, 0) is 0 Å². The van der Waals surface area contributed by atoms with E-state index in [1.807, 2.05) is 42.0 Å². The van der Waals surface area contributed by atoms with Gasteiger partial charge in [0.25, 0.3) is 5.91 Å². The van der Waals surface area contributed by atoms with Gasteiger partial charge in [0.1, 0.15) is 17.2 Å². The predicted molar refractivity (Wildman–Crippen MR) is 116 cm³/mol. The summed E-state index contributed by atoms with van der Waals surface area (Å²) < 4.78 is 1.98. The zero-order valence-electron chi connectivity index (χ0n) is 16.9. The average Bonchev–Trinajstić information content (AvgIpc) is 3.16. The fourth-order valence-corrected chi connectivity index (χ4v) is 3.72. The molecule has 30 heavy (non-hydrogen) atoms. The molecule has 0 spiro atoms. The first-order valence-corrected chi connectivity index (χ1v) is 10.1. The van der Waals surface area contributed by atoms with E-state index in [0.29, 0.717) is 11.8 Å². The molecule has 1 aliphatic carbocycles. The van der Waals surface area contributed by atoms with Crippen molar-refractivity contribution >= 4 is 23.4 Å². The fraction of sp³-hybridized carbons (Fsp3) is 0.333. The van der Waals surface area contributed by atoms with Gasteiger partial charge in [0.05, 0.1) is 0 Å². The molecule has 4 rings (SSSR count). The molecule has 2 heterocycles. The van der Waals surface area contributed by atoms with Crippen molar-refractivity contribution in [2.45, 2.75) is 44.7 Å². The summed E-state index contributed by atoms with van der Waals surface area (Å²) in [5.41, 5.74) is 13.7. The fourth-order valence-electron chi connectivity index (χ4n) is 3.72. The smallest absolute Gasteiger partial charge is 0.254 e. The maximum absolute atomic E-state index is 11.9. The number of primary amides is 1. The highest BCUT2D eigenvalue weighted by atomic mass is 16.1. The molecule has 0 radical (unpaired) electrons. The SMILES string of the molecule is Cc1nccn1-c1ccc(Nc2nc(N[C@@H]3CCCC[C@@H]3N)ncc2C(N)=O)cc1. The van der Waals surface area contributed by atoms with Gasteiger partial charge in [-0.1, -0.05) is 12.8 Å². The van der Waals surface area contributed by atoms with Crippen molar-refractivity contribution in [2.24, 2.45) is 11.5 Å². The first-order valence-electron chi connectivity index (χ1n) is 10.1. The summed E-state index contributed by atoms with van der Waals surface area (Å²) in [5.74, 6) is 1.09. The molecule has 2 atom stereocenters. The summed E-state index contributed by atoms with van der Waals surface area (Å²) in [6.07, 6.45) is 9.32. The molecule has 1 amide bonds. The number of rotatable bonds is 6. The third-order valence-corrected chi connectivity index (χ3v) is 5.42. The standard InChI is InChI=1S/C21H26N8O/c1-13-24-10-11-29(13)15-8-6-14(7-9-15)26-20-16(19(23)30)12-25-21(28-20)27-18-5-3-2-4-17(18)22/h6-12,17-18H,2-5,22H2,1H3,(H2,23,30)(H2,25,26,27,28)/t17-,18+/m0/s1. The summed E-state index contributed by atoms with van der Waals surface area (Å²) in [6, 6.07) is 7.92. The molecular weight excluding hydrogens is 380 g/mol. The largest absolute Gasteiger partial charge is 0.365 e. The Bertz CT molecular complexity index is 1030. The summed E-state index contributed by atoms with van der Waals surface area (Å²) in [4.78, 5) is 24.9. The van der Waals surface area contributed by atoms with Crippen LogP contribution in [0.3, 0.4) is 0 Å². The number of amides is 1. The minimum Gasteiger partial charge on any atom is -0.365 e. The van der Waals surface area contributed by atoms with E-state index in [4.69, 9.17) is 11.5 Å². The molecule has 0 aliphatic heterocycles. The number of carbonyl (C=O) groups excluding carboxylic acids is 1. The van der Waals surface area contributed by atoms with Gasteiger partial charge in [0.15, 0.2) is 0 Å². The highest BCUT2D eigenvalue weighted by molar-refractivity contribution is 5.98. The lowest BCUT2D eigenvalue weighted by atomic mass is 9.91. The molecule has 2 aromatic heterocycles. The van der Waals surface area contributed by atoms with Crippen molar-refractivity contribution < 1.29 is 4.79 Å². The molecule has 1 aromatic carbocycles. The van der Waals surface area contributed by atoms with Gasteiger partial charge < -0.3 is 26.7 Å². The predicted octanol–water partition coefficient (Wildman–Crippen LogP) is 2.50. The Kier molecular flexibility index (Phi) is 5.62. The van der Waals surface area contributed by atoms with Crippen molar-refractivity contribution in [3.05, 3.63) is 54.2 Å². The van der Waals surface area contributed by atoms with E-state index in [1.165, 1.54) is 6.20 Å². The van der Waals surface area contributed by atoms with Gasteiger partial charge in [-0.15, -0.1) is 0 Å². The van der Waals surface area contributed by atoms with Gasteiger partial charge in [-0.25, -0.2) is 9.97 Å². The van der Waals surface area contributed by atoms with E-state index in [0.717, 1.165) is 42.9 Å². The summed E-state index contributed by atoms with van der Waals surface area (Å²) in [7, 11) is 0. The Hall–Kier alpha value is -3.46. The monoisotopic (exact) mass is 406 g/mol. The summed E-state index contributed by atoms with van der Waals surface area (Å²) >= 11 is 0. The van der Waals surface area contributed by atoms with Gasteiger partial charge in [0.2, 0.25) is 5.95 Å². The van der Waals surface area contributed by atoms with Crippen molar-refractivity contribution in [3.8, 4) is 5.69 Å². The van der Waals surface area contributed by atoms with E-state index in [2.05, 4.69) is 25.6 Å². The second-order valence-electron chi connectivity index (χ2n) is 7.54. The summed E-state index contributed by atoms with van der Waals surface area (Å²) in [6.45, 7) is 1.94. The molecular formula is C21H26N8O. The highest BCUT2D eigenvalue weighted by Gasteiger charge is 2.23. The number of hydrogen-bond acceptors (Lipinski definition) is 7. The van der Waals surface area contributed by atoms with Crippen LogP contribution in [0.2, 0.25) is 0 Å². The van der Waals surface area contributed by atoms with Crippen LogP contribution in [-0.4, -0.2) is 37.5 Å². The number of aromatic nitrogens is 4. The number of nitrogens with one attached hydrogen (secondary N) is 2. The molecule has 0 saturated heterocycles. The van der Waals surface area contributed by atoms with E-state index in [9.17, 15) is 4.79 Å². The third-order valence-electron chi connectivity index (χ3n) is 5.42. The first kappa shape index (κ1) is 19.8. The number of nitrogens with two attached hydrogens (primary N) is 2. The first-order chi connectivity index (χ1) is 14.5. The number of nitrogens with zero attached hydrogens (tertiary/aromatic N) is 4. The molecule has 0 bridgehead atoms. The lowest BCUT2D eigenvalue weighted by molar-refractivity contribution is 0.100. The lowest BCUT2D eigenvalue weighted by Crippen LogP contribution is -2.43. The van der Waals surface area contributed by atoms with E-state index >= 15 is 0 Å². The second kappa shape index (κ2) is 8.50. The van der Waals surface area contributed by atoms with Crippen LogP contribution in [0.1, 0.15) is 41.9 Å². The van der Waals surface area contributed by atoms with Crippen molar-refractivity contribution in [1.29, 1.82) is 0 Å². The Morgan fingerprint density at radius 2 is 1.93 bits per heavy atom. The molecule has 1 fully saturated rings. The van der Waals surface area contributed by atoms with Crippen LogP contribution < -0.4 is 22.1 Å². The number of carbonyl (C=O) groups is 1. The Labute approximate surface area is 174 Å². The van der Waals surface area contributed by atoms with Gasteiger partial charge in [-0.05, 0) is 44.0 Å². The third kappa shape index (κ3) is 4.25. The molecule has 3 aromatic rings. The number of aryl methyl sites for hydroxylation is 1. The Balaban J connectivity index is 1.56. The topological polar surface area (TPSA) is 137 Å². The van der Waals surface area contributed by atoms with Crippen LogP contribution in [0.4, 0.5) is 17.5 Å². The molecule has 9 nitrogen and oxygen atoms in total. The Morgan fingerprint density at radius 1 is 1.17 bits per heavy atom. The van der Waals surface area contributed by atoms with Gasteiger partial charge in [0, 0.05) is 42.0 Å². The minimum absolute atomic E-state index is 0.0637. The van der Waals surface area contributed by atoms with E-state index < -0.39 is 5.91 Å². The van der Waals surface area contributed by atoms with Gasteiger partial charge in [-0.2, -0.15) is 4.98 Å². The van der Waals surface area contributed by atoms with Crippen molar-refractivity contribution in [2.75, 3.05) is 10.6 Å². The van der Waals surface area contributed by atoms with Crippen molar-refractivity contribution in [3.63, 3.8) is 0 Å². The molecule has 6 N–H and O–H groups in total. The second-order valence-corrected chi connectivity index (χ2v) is 7.54. The van der Waals surface area contributed by atoms with Crippen LogP contribution in [0.25, 0.3) is 5.69 Å². The van der Waals surface area contributed by atoms with E-state index in [-0.39, 0.29) is 17.6 Å². The van der Waals surface area contributed by atoms with Gasteiger partial charge >= 0.3 is 0 Å². The maximum Gasteiger partial charge on any atom is 0.254 e.